The Morgan fingerprint density at radius 1 is 1.21 bits per heavy atom. The molecule has 2 heterocycles. The van der Waals surface area contributed by atoms with Crippen molar-refractivity contribution >= 4 is 37.5 Å². The van der Waals surface area contributed by atoms with Crippen LogP contribution in [0.1, 0.15) is 0 Å². The maximum absolute atomic E-state index is 5.99. The van der Waals surface area contributed by atoms with E-state index in [1.165, 1.54) is 0 Å². The summed E-state index contributed by atoms with van der Waals surface area (Å²) in [6.07, 6.45) is 1.55. The number of nitrogen functional groups attached to an aromatic ring is 1. The number of hydrogen-bond acceptors (Lipinski definition) is 5. The number of nitrogens with two attached hydrogens (primary N) is 1. The van der Waals surface area contributed by atoms with Crippen LogP contribution in [-0.4, -0.2) is 10.1 Å². The van der Waals surface area contributed by atoms with Gasteiger partial charge in [-0.25, -0.2) is 0 Å². The molecule has 2 N–H and O–H groups in total. The summed E-state index contributed by atoms with van der Waals surface area (Å²) in [6.45, 7) is 0. The third kappa shape index (κ3) is 2.31. The molecular formula is C12H7Br2N3O2. The van der Waals surface area contributed by atoms with Crippen LogP contribution in [0.4, 0.5) is 5.69 Å². The SMILES string of the molecule is Nc1c(Br)cc(Br)cc1-c1nc(-c2ccco2)no1. The second-order valence-electron chi connectivity index (χ2n) is 3.75. The summed E-state index contributed by atoms with van der Waals surface area (Å²) in [5.74, 6) is 1.27. The van der Waals surface area contributed by atoms with Crippen molar-refractivity contribution in [3.8, 4) is 23.0 Å². The van der Waals surface area contributed by atoms with Crippen molar-refractivity contribution in [1.29, 1.82) is 0 Å². The van der Waals surface area contributed by atoms with Crippen molar-refractivity contribution in [3.05, 3.63) is 39.5 Å². The number of halogens is 2. The molecule has 19 heavy (non-hydrogen) atoms. The van der Waals surface area contributed by atoms with Gasteiger partial charge in [0.1, 0.15) is 0 Å². The van der Waals surface area contributed by atoms with E-state index in [-0.39, 0.29) is 0 Å². The van der Waals surface area contributed by atoms with Crippen molar-refractivity contribution in [2.24, 2.45) is 0 Å². The topological polar surface area (TPSA) is 78.1 Å². The smallest absolute Gasteiger partial charge is 0.260 e. The maximum Gasteiger partial charge on any atom is 0.260 e. The first kappa shape index (κ1) is 12.4. The molecule has 2 aromatic heterocycles. The van der Waals surface area contributed by atoms with Crippen molar-refractivity contribution in [3.63, 3.8) is 0 Å². The van der Waals surface area contributed by atoms with Gasteiger partial charge in [-0.15, -0.1) is 0 Å². The van der Waals surface area contributed by atoms with Crippen LogP contribution in [0.25, 0.3) is 23.0 Å². The molecule has 0 amide bonds. The molecule has 0 radical (unpaired) electrons. The third-order valence-corrected chi connectivity index (χ3v) is 3.61. The zero-order valence-electron chi connectivity index (χ0n) is 9.43. The molecule has 3 aromatic rings. The summed E-state index contributed by atoms with van der Waals surface area (Å²) in [5, 5.41) is 3.87. The van der Waals surface area contributed by atoms with Crippen LogP contribution in [0.3, 0.4) is 0 Å². The van der Waals surface area contributed by atoms with Crippen LogP contribution < -0.4 is 5.73 Å². The standard InChI is InChI=1S/C12H7Br2N3O2/c13-6-4-7(10(15)8(14)5-6)12-16-11(17-19-12)9-2-1-3-18-9/h1-5H,15H2. The molecule has 0 saturated carbocycles. The number of furan rings is 1. The number of rotatable bonds is 2. The molecule has 0 aliphatic rings. The first-order valence-electron chi connectivity index (χ1n) is 5.27. The van der Waals surface area contributed by atoms with Gasteiger partial charge in [-0.05, 0) is 40.2 Å². The van der Waals surface area contributed by atoms with Gasteiger partial charge in [-0.2, -0.15) is 4.98 Å². The molecule has 96 valence electrons. The minimum absolute atomic E-state index is 0.339. The Bertz CT molecular complexity index is 723. The minimum Gasteiger partial charge on any atom is -0.461 e. The van der Waals surface area contributed by atoms with Gasteiger partial charge in [-0.3, -0.25) is 0 Å². The van der Waals surface area contributed by atoms with E-state index in [1.807, 2.05) is 12.1 Å². The highest BCUT2D eigenvalue weighted by Crippen LogP contribution is 2.35. The Labute approximate surface area is 125 Å². The molecule has 0 bridgehead atoms. The zero-order chi connectivity index (χ0) is 13.4. The normalized spacial score (nSPS) is 10.8. The number of benzene rings is 1. The highest BCUT2D eigenvalue weighted by Gasteiger charge is 2.16. The molecule has 0 spiro atoms. The molecule has 5 nitrogen and oxygen atoms in total. The first-order valence-corrected chi connectivity index (χ1v) is 6.86. The van der Waals surface area contributed by atoms with E-state index in [9.17, 15) is 0 Å². The van der Waals surface area contributed by atoms with Crippen LogP contribution in [0.2, 0.25) is 0 Å². The fourth-order valence-electron chi connectivity index (χ4n) is 1.60. The zero-order valence-corrected chi connectivity index (χ0v) is 12.6. The van der Waals surface area contributed by atoms with Crippen LogP contribution in [0.5, 0.6) is 0 Å². The summed E-state index contributed by atoms with van der Waals surface area (Å²) in [5.41, 5.74) is 7.19. The average molecular weight is 385 g/mol. The predicted octanol–water partition coefficient (Wildman–Crippen LogP) is 4.10. The number of aromatic nitrogens is 2. The third-order valence-electron chi connectivity index (χ3n) is 2.49. The number of anilines is 1. The molecule has 0 aliphatic carbocycles. The summed E-state index contributed by atoms with van der Waals surface area (Å²) < 4.78 is 12.1. The molecule has 0 atom stereocenters. The Hall–Kier alpha value is -1.60. The Morgan fingerprint density at radius 2 is 2.05 bits per heavy atom. The van der Waals surface area contributed by atoms with Gasteiger partial charge >= 0.3 is 0 Å². The molecule has 0 fully saturated rings. The lowest BCUT2D eigenvalue weighted by Crippen LogP contribution is -1.92. The highest BCUT2D eigenvalue weighted by molar-refractivity contribution is 9.11. The quantitative estimate of drug-likeness (QED) is 0.673. The van der Waals surface area contributed by atoms with E-state index in [0.717, 1.165) is 8.95 Å². The lowest BCUT2D eigenvalue weighted by molar-refractivity contribution is 0.429. The van der Waals surface area contributed by atoms with Crippen LogP contribution in [-0.2, 0) is 0 Å². The summed E-state index contributed by atoms with van der Waals surface area (Å²) in [4.78, 5) is 4.27. The van der Waals surface area contributed by atoms with Gasteiger partial charge in [0.2, 0.25) is 5.82 Å². The van der Waals surface area contributed by atoms with Gasteiger partial charge in [0.25, 0.3) is 5.89 Å². The lowest BCUT2D eigenvalue weighted by Gasteiger charge is -2.04. The fraction of sp³-hybridized carbons (Fsp3) is 0. The predicted molar refractivity (Wildman–Crippen MR) is 77.2 cm³/mol. The Kier molecular flexibility index (Phi) is 3.16. The van der Waals surface area contributed by atoms with Crippen LogP contribution in [0.15, 0.2) is 48.4 Å². The summed E-state index contributed by atoms with van der Waals surface area (Å²) in [6, 6.07) is 7.19. The molecule has 0 aliphatic heterocycles. The van der Waals surface area contributed by atoms with E-state index < -0.39 is 0 Å². The number of nitrogens with zero attached hydrogens (tertiary/aromatic N) is 2. The monoisotopic (exact) mass is 383 g/mol. The van der Waals surface area contributed by atoms with Gasteiger partial charge in [0.05, 0.1) is 17.5 Å². The van der Waals surface area contributed by atoms with Crippen molar-refractivity contribution in [2.45, 2.75) is 0 Å². The van der Waals surface area contributed by atoms with Crippen molar-refractivity contribution in [2.75, 3.05) is 5.73 Å². The summed E-state index contributed by atoms with van der Waals surface area (Å²) >= 11 is 6.77. The second kappa shape index (κ2) is 4.82. The van der Waals surface area contributed by atoms with E-state index in [4.69, 9.17) is 14.7 Å². The molecule has 7 heteroatoms. The Morgan fingerprint density at radius 3 is 2.79 bits per heavy atom. The van der Waals surface area contributed by atoms with Crippen molar-refractivity contribution in [1.82, 2.24) is 10.1 Å². The molecule has 1 aromatic carbocycles. The largest absolute Gasteiger partial charge is 0.461 e. The van der Waals surface area contributed by atoms with Gasteiger partial charge in [-0.1, -0.05) is 21.1 Å². The summed E-state index contributed by atoms with van der Waals surface area (Å²) in [7, 11) is 0. The Balaban J connectivity index is 2.09. The molecule has 0 saturated heterocycles. The highest BCUT2D eigenvalue weighted by atomic mass is 79.9. The maximum atomic E-state index is 5.99. The van der Waals surface area contributed by atoms with Crippen LogP contribution >= 0.6 is 31.9 Å². The second-order valence-corrected chi connectivity index (χ2v) is 5.52. The minimum atomic E-state index is 0.339. The molecule has 3 rings (SSSR count). The first-order chi connectivity index (χ1) is 9.15. The van der Waals surface area contributed by atoms with Crippen molar-refractivity contribution < 1.29 is 8.94 Å². The van der Waals surface area contributed by atoms with E-state index in [1.54, 1.807) is 18.4 Å². The van der Waals surface area contributed by atoms with E-state index >= 15 is 0 Å². The number of hydrogen-bond donors (Lipinski definition) is 1. The molecule has 0 unspecified atom stereocenters. The average Bonchev–Trinajstić information content (AvgIpc) is 3.03. The molecular weight excluding hydrogens is 378 g/mol. The van der Waals surface area contributed by atoms with Gasteiger partial charge < -0.3 is 14.7 Å². The van der Waals surface area contributed by atoms with E-state index in [2.05, 4.69) is 42.0 Å². The van der Waals surface area contributed by atoms with E-state index in [0.29, 0.717) is 28.7 Å². The van der Waals surface area contributed by atoms with Crippen LogP contribution in [0, 0.1) is 0 Å². The van der Waals surface area contributed by atoms with Gasteiger partial charge in [0.15, 0.2) is 5.76 Å². The van der Waals surface area contributed by atoms with Gasteiger partial charge in [0, 0.05) is 8.95 Å². The lowest BCUT2D eigenvalue weighted by atomic mass is 10.2. The fourth-order valence-corrected chi connectivity index (χ4v) is 2.83.